The van der Waals surface area contributed by atoms with Crippen LogP contribution in [-0.4, -0.2) is 12.8 Å². The van der Waals surface area contributed by atoms with Crippen LogP contribution in [0.3, 0.4) is 0 Å². The minimum absolute atomic E-state index is 0.322. The second-order valence-electron chi connectivity index (χ2n) is 1.85. The van der Waals surface area contributed by atoms with E-state index in [4.69, 9.17) is 11.6 Å². The number of hydrogen-bond acceptors (Lipinski definition) is 2. The van der Waals surface area contributed by atoms with Crippen molar-refractivity contribution < 1.29 is 13.2 Å². The number of hydrogen-bond donors (Lipinski definition) is 0. The maximum atomic E-state index is 11.9. The first-order chi connectivity index (χ1) is 4.91. The molecule has 0 aliphatic rings. The fraction of sp³-hybridized carbons (Fsp3) is 0.250. The van der Waals surface area contributed by atoms with Gasteiger partial charge >= 0.3 is 6.18 Å². The van der Waals surface area contributed by atoms with Crippen LogP contribution in [0.25, 0.3) is 0 Å². The monoisotopic (exact) mass is 199 g/mol. The second kappa shape index (κ2) is 2.67. The van der Waals surface area contributed by atoms with E-state index in [9.17, 15) is 13.2 Å². The van der Waals surface area contributed by atoms with E-state index in [1.54, 1.807) is 0 Å². The minimum Gasteiger partial charge on any atom is -0.240 e. The second-order valence-corrected chi connectivity index (χ2v) is 3.41. The Hall–Kier alpha value is -0.225. The highest BCUT2D eigenvalue weighted by Crippen LogP contribution is 2.35. The van der Waals surface area contributed by atoms with Gasteiger partial charge in [-0.25, -0.2) is 4.98 Å². The van der Waals surface area contributed by atoms with Crippen LogP contribution in [0.5, 0.6) is 0 Å². The van der Waals surface area contributed by atoms with E-state index in [1.165, 1.54) is 7.85 Å². The molecule has 0 aliphatic heterocycles. The molecule has 1 nitrogen and oxygen atoms in total. The van der Waals surface area contributed by atoms with E-state index in [2.05, 4.69) is 4.98 Å². The predicted octanol–water partition coefficient (Wildman–Crippen LogP) is 1.07. The largest absolute Gasteiger partial charge is 0.428 e. The Bertz CT molecular complexity index is 271. The van der Waals surface area contributed by atoms with Gasteiger partial charge < -0.3 is 0 Å². The molecule has 0 saturated heterocycles. The first-order valence-electron chi connectivity index (χ1n) is 2.61. The van der Waals surface area contributed by atoms with Crippen molar-refractivity contribution in [2.45, 2.75) is 6.18 Å². The third kappa shape index (κ3) is 1.87. The smallest absolute Gasteiger partial charge is 0.240 e. The van der Waals surface area contributed by atoms with Crippen molar-refractivity contribution in [1.82, 2.24) is 4.98 Å². The van der Waals surface area contributed by atoms with Gasteiger partial charge in [0.1, 0.15) is 4.88 Å². The Balaban J connectivity index is 3.13. The maximum absolute atomic E-state index is 11.9. The number of nitrogens with zero attached hydrogens (tertiary/aromatic N) is 1. The Labute approximate surface area is 70.6 Å². The third-order valence-corrected chi connectivity index (χ3v) is 2.35. The third-order valence-electron chi connectivity index (χ3n) is 0.950. The van der Waals surface area contributed by atoms with Crippen molar-refractivity contribution in [2.24, 2.45) is 0 Å². The van der Waals surface area contributed by atoms with Gasteiger partial charge in [0.2, 0.25) is 0 Å². The average molecular weight is 199 g/mol. The molecule has 0 N–H and O–H groups in total. The number of alkyl halides is 3. The molecule has 0 spiro atoms. The highest BCUT2D eigenvalue weighted by atomic mass is 35.5. The lowest BCUT2D eigenvalue weighted by atomic mass is 10.2. The lowest BCUT2D eigenvalue weighted by molar-refractivity contribution is -0.134. The molecular formula is C4H2BClF3NS. The molecule has 0 atom stereocenters. The molecule has 0 radical (unpaired) electrons. The maximum Gasteiger partial charge on any atom is 0.428 e. The van der Waals surface area contributed by atoms with E-state index in [-0.39, 0.29) is 0 Å². The summed E-state index contributed by atoms with van der Waals surface area (Å²) in [6.45, 7) is 0. The summed E-state index contributed by atoms with van der Waals surface area (Å²) in [5.74, 6) is 0. The summed E-state index contributed by atoms with van der Waals surface area (Å²) >= 11 is 5.76. The summed E-state index contributed by atoms with van der Waals surface area (Å²) in [5.41, 5.74) is 0. The Kier molecular flexibility index (Phi) is 2.16. The van der Waals surface area contributed by atoms with Gasteiger partial charge in [0.15, 0.2) is 13.0 Å². The van der Waals surface area contributed by atoms with Gasteiger partial charge in [-0.2, -0.15) is 13.2 Å². The van der Waals surface area contributed by atoms with Crippen LogP contribution in [0.2, 0.25) is 5.15 Å². The topological polar surface area (TPSA) is 12.9 Å². The molecule has 11 heavy (non-hydrogen) atoms. The van der Waals surface area contributed by atoms with Crippen molar-refractivity contribution in [1.29, 1.82) is 0 Å². The number of thiazole rings is 1. The molecule has 0 aliphatic carbocycles. The van der Waals surface area contributed by atoms with Gasteiger partial charge in [0, 0.05) is 4.91 Å². The standard InChI is InChI=1S/C4H2BClF3NS/c5-3-10-2(6)1(11-3)4(7,8)9/h5H2. The SMILES string of the molecule is Bc1nc(Cl)c(C(F)(F)F)s1. The molecule has 0 aromatic carbocycles. The fourth-order valence-electron chi connectivity index (χ4n) is 0.576. The number of aromatic nitrogens is 1. The van der Waals surface area contributed by atoms with Gasteiger partial charge in [-0.3, -0.25) is 0 Å². The first-order valence-corrected chi connectivity index (χ1v) is 3.81. The summed E-state index contributed by atoms with van der Waals surface area (Å²) < 4.78 is 35.8. The minimum atomic E-state index is -4.37. The quantitative estimate of drug-likeness (QED) is 0.570. The van der Waals surface area contributed by atoms with Crippen LogP contribution in [0, 0.1) is 0 Å². The van der Waals surface area contributed by atoms with Crippen molar-refractivity contribution in [3.05, 3.63) is 10.0 Å². The van der Waals surface area contributed by atoms with E-state index in [0.29, 0.717) is 16.2 Å². The molecule has 0 fully saturated rings. The lowest BCUT2D eigenvalue weighted by Crippen LogP contribution is -2.02. The van der Waals surface area contributed by atoms with Crippen LogP contribution in [0.1, 0.15) is 4.88 Å². The molecule has 1 heterocycles. The summed E-state index contributed by atoms with van der Waals surface area (Å²) in [7, 11) is 1.48. The zero-order chi connectivity index (χ0) is 8.65. The van der Waals surface area contributed by atoms with E-state index >= 15 is 0 Å². The molecule has 0 bridgehead atoms. The van der Waals surface area contributed by atoms with Gasteiger partial charge in [0.05, 0.1) is 0 Å². The van der Waals surface area contributed by atoms with E-state index < -0.39 is 16.2 Å². The lowest BCUT2D eigenvalue weighted by Gasteiger charge is -2.00. The van der Waals surface area contributed by atoms with Gasteiger partial charge in [-0.15, -0.1) is 11.3 Å². The fourth-order valence-corrected chi connectivity index (χ4v) is 1.65. The molecule has 60 valence electrons. The van der Waals surface area contributed by atoms with Crippen LogP contribution < -0.4 is 4.91 Å². The molecule has 0 amide bonds. The highest BCUT2D eigenvalue weighted by Gasteiger charge is 2.36. The zero-order valence-corrected chi connectivity index (χ0v) is 6.94. The molecule has 0 saturated carbocycles. The molecule has 1 aromatic heterocycles. The van der Waals surface area contributed by atoms with Gasteiger partial charge in [-0.1, -0.05) is 11.6 Å². The molecule has 7 heteroatoms. The van der Waals surface area contributed by atoms with Crippen molar-refractivity contribution in [3.63, 3.8) is 0 Å². The van der Waals surface area contributed by atoms with Crippen LogP contribution >= 0.6 is 22.9 Å². The predicted molar refractivity (Wildman–Crippen MR) is 40.3 cm³/mol. The molecule has 1 rings (SSSR count). The number of halogens is 4. The summed E-state index contributed by atoms with van der Waals surface area (Å²) in [5, 5.41) is -0.458. The van der Waals surface area contributed by atoms with Crippen LogP contribution in [0.15, 0.2) is 0 Å². The normalized spacial score (nSPS) is 12.0. The Morgan fingerprint density at radius 3 is 2.18 bits per heavy atom. The summed E-state index contributed by atoms with van der Waals surface area (Å²) in [4.78, 5) is 2.94. The summed E-state index contributed by atoms with van der Waals surface area (Å²) in [6, 6.07) is 0. The van der Waals surface area contributed by atoms with Crippen molar-refractivity contribution in [2.75, 3.05) is 0 Å². The van der Waals surface area contributed by atoms with E-state index in [1.807, 2.05) is 0 Å². The Morgan fingerprint density at radius 1 is 1.45 bits per heavy atom. The number of rotatable bonds is 0. The van der Waals surface area contributed by atoms with Crippen LogP contribution in [-0.2, 0) is 6.18 Å². The van der Waals surface area contributed by atoms with Gasteiger partial charge in [0.25, 0.3) is 0 Å². The molecule has 0 unspecified atom stereocenters. The highest BCUT2D eigenvalue weighted by molar-refractivity contribution is 7.20. The average Bonchev–Trinajstić information content (AvgIpc) is 2.08. The molecular weight excluding hydrogens is 197 g/mol. The van der Waals surface area contributed by atoms with Crippen LogP contribution in [0.4, 0.5) is 13.2 Å². The summed E-state index contributed by atoms with van der Waals surface area (Å²) in [6.07, 6.45) is -4.37. The van der Waals surface area contributed by atoms with Crippen molar-refractivity contribution in [3.8, 4) is 0 Å². The van der Waals surface area contributed by atoms with Gasteiger partial charge in [-0.05, 0) is 0 Å². The first kappa shape index (κ1) is 8.87. The Morgan fingerprint density at radius 2 is 2.00 bits per heavy atom. The van der Waals surface area contributed by atoms with E-state index in [0.717, 1.165) is 0 Å². The molecule has 1 aromatic rings. The van der Waals surface area contributed by atoms with Crippen molar-refractivity contribution >= 4 is 35.7 Å². The zero-order valence-electron chi connectivity index (χ0n) is 5.37.